The highest BCUT2D eigenvalue weighted by atomic mass is 19.1. The third-order valence-electron chi connectivity index (χ3n) is 2.17. The number of nitrogens with two attached hydrogens (primary N) is 1. The first-order valence-corrected chi connectivity index (χ1v) is 4.97. The maximum absolute atomic E-state index is 13.4. The fraction of sp³-hybridized carbons (Fsp3) is 0.250. The predicted octanol–water partition coefficient (Wildman–Crippen LogP) is 2.20. The van der Waals surface area contributed by atoms with Gasteiger partial charge in [0.2, 0.25) is 0 Å². The lowest BCUT2D eigenvalue weighted by Gasteiger charge is -2.17. The van der Waals surface area contributed by atoms with Gasteiger partial charge in [-0.15, -0.1) is 0 Å². The molecule has 1 aromatic rings. The van der Waals surface area contributed by atoms with Gasteiger partial charge in [0, 0.05) is 19.7 Å². The molecule has 0 aliphatic carbocycles. The molecule has 5 heteroatoms. The van der Waals surface area contributed by atoms with Crippen molar-refractivity contribution in [3.8, 4) is 0 Å². The SMILES string of the molecule is C=C(C)CN(C)C(=O)c1cc(N)c(F)cc1F. The van der Waals surface area contributed by atoms with Gasteiger partial charge in [-0.05, 0) is 13.0 Å². The van der Waals surface area contributed by atoms with Crippen LogP contribution in [-0.4, -0.2) is 24.4 Å². The Balaban J connectivity index is 3.04. The second-order valence-corrected chi connectivity index (χ2v) is 3.97. The van der Waals surface area contributed by atoms with Gasteiger partial charge in [0.15, 0.2) is 0 Å². The summed E-state index contributed by atoms with van der Waals surface area (Å²) >= 11 is 0. The summed E-state index contributed by atoms with van der Waals surface area (Å²) in [6.07, 6.45) is 0. The minimum absolute atomic E-state index is 0.243. The van der Waals surface area contributed by atoms with Gasteiger partial charge >= 0.3 is 0 Å². The fourth-order valence-electron chi connectivity index (χ4n) is 1.41. The molecular weight excluding hydrogens is 226 g/mol. The third-order valence-corrected chi connectivity index (χ3v) is 2.17. The zero-order valence-corrected chi connectivity index (χ0v) is 9.76. The summed E-state index contributed by atoms with van der Waals surface area (Å²) in [5, 5.41) is 0. The molecule has 3 nitrogen and oxygen atoms in total. The second-order valence-electron chi connectivity index (χ2n) is 3.97. The van der Waals surface area contributed by atoms with Crippen LogP contribution < -0.4 is 5.73 Å². The van der Waals surface area contributed by atoms with Gasteiger partial charge in [-0.3, -0.25) is 4.79 Å². The highest BCUT2D eigenvalue weighted by Gasteiger charge is 2.18. The van der Waals surface area contributed by atoms with E-state index in [1.807, 2.05) is 0 Å². The molecule has 17 heavy (non-hydrogen) atoms. The van der Waals surface area contributed by atoms with E-state index in [9.17, 15) is 13.6 Å². The van der Waals surface area contributed by atoms with Crippen LogP contribution in [0.5, 0.6) is 0 Å². The first-order valence-electron chi connectivity index (χ1n) is 4.97. The first-order chi connectivity index (χ1) is 7.82. The molecule has 0 aliphatic heterocycles. The zero-order chi connectivity index (χ0) is 13.2. The molecule has 0 atom stereocenters. The average Bonchev–Trinajstić information content (AvgIpc) is 2.21. The smallest absolute Gasteiger partial charge is 0.256 e. The Morgan fingerprint density at radius 2 is 2.00 bits per heavy atom. The molecule has 0 unspecified atom stereocenters. The minimum atomic E-state index is -0.921. The standard InChI is InChI=1S/C12H14F2N2O/c1-7(2)6-16(3)12(17)8-4-11(15)10(14)5-9(8)13/h4-5H,1,6,15H2,2-3H3. The number of hydrogen-bond acceptors (Lipinski definition) is 2. The number of carbonyl (C=O) groups is 1. The third kappa shape index (κ3) is 3.03. The van der Waals surface area contributed by atoms with Crippen LogP contribution in [0.25, 0.3) is 0 Å². The van der Waals surface area contributed by atoms with Gasteiger partial charge in [-0.1, -0.05) is 12.2 Å². The summed E-state index contributed by atoms with van der Waals surface area (Å²) in [6.45, 7) is 5.70. The van der Waals surface area contributed by atoms with Crippen molar-refractivity contribution in [2.24, 2.45) is 0 Å². The van der Waals surface area contributed by atoms with Gasteiger partial charge in [-0.2, -0.15) is 0 Å². The number of anilines is 1. The molecule has 92 valence electrons. The Hall–Kier alpha value is -1.91. The molecule has 2 N–H and O–H groups in total. The lowest BCUT2D eigenvalue weighted by Crippen LogP contribution is -2.29. The minimum Gasteiger partial charge on any atom is -0.396 e. The number of nitrogen functional groups attached to an aromatic ring is 1. The Morgan fingerprint density at radius 1 is 1.41 bits per heavy atom. The largest absolute Gasteiger partial charge is 0.396 e. The van der Waals surface area contributed by atoms with Crippen molar-refractivity contribution >= 4 is 11.6 Å². The summed E-state index contributed by atoms with van der Waals surface area (Å²) in [4.78, 5) is 13.1. The number of benzene rings is 1. The van der Waals surface area contributed by atoms with E-state index in [4.69, 9.17) is 5.73 Å². The molecule has 0 heterocycles. The van der Waals surface area contributed by atoms with Crippen molar-refractivity contribution in [2.45, 2.75) is 6.92 Å². The molecule has 0 aromatic heterocycles. The van der Waals surface area contributed by atoms with E-state index in [2.05, 4.69) is 6.58 Å². The molecule has 1 amide bonds. The maximum atomic E-state index is 13.4. The van der Waals surface area contributed by atoms with Crippen molar-refractivity contribution in [1.29, 1.82) is 0 Å². The first kappa shape index (κ1) is 13.2. The molecule has 0 fully saturated rings. The van der Waals surface area contributed by atoms with Crippen LogP contribution in [0.1, 0.15) is 17.3 Å². The Bertz CT molecular complexity index is 472. The average molecular weight is 240 g/mol. The van der Waals surface area contributed by atoms with Crippen LogP contribution in [0.3, 0.4) is 0 Å². The summed E-state index contributed by atoms with van der Waals surface area (Å²) < 4.78 is 26.3. The molecular formula is C12H14F2N2O. The Kier molecular flexibility index (Phi) is 3.83. The van der Waals surface area contributed by atoms with E-state index in [-0.39, 0.29) is 11.3 Å². The van der Waals surface area contributed by atoms with Crippen molar-refractivity contribution in [2.75, 3.05) is 19.3 Å². The molecule has 0 aliphatic rings. The van der Waals surface area contributed by atoms with Crippen LogP contribution in [0.2, 0.25) is 0 Å². The van der Waals surface area contributed by atoms with Crippen LogP contribution in [0.4, 0.5) is 14.5 Å². The van der Waals surface area contributed by atoms with E-state index >= 15 is 0 Å². The molecule has 0 bridgehead atoms. The zero-order valence-electron chi connectivity index (χ0n) is 9.76. The van der Waals surface area contributed by atoms with Crippen LogP contribution in [-0.2, 0) is 0 Å². The fourth-order valence-corrected chi connectivity index (χ4v) is 1.41. The molecule has 0 radical (unpaired) electrons. The van der Waals surface area contributed by atoms with Gasteiger partial charge in [0.25, 0.3) is 5.91 Å². The quantitative estimate of drug-likeness (QED) is 0.650. The lowest BCUT2D eigenvalue weighted by molar-refractivity contribution is 0.0802. The summed E-state index contributed by atoms with van der Waals surface area (Å²) in [5.74, 6) is -2.35. The number of halogens is 2. The van der Waals surface area contributed by atoms with Gasteiger partial charge in [0.05, 0.1) is 11.3 Å². The number of rotatable bonds is 3. The van der Waals surface area contributed by atoms with E-state index in [0.29, 0.717) is 12.6 Å². The number of carbonyl (C=O) groups excluding carboxylic acids is 1. The summed E-state index contributed by atoms with van der Waals surface area (Å²) in [7, 11) is 1.51. The molecule has 0 saturated carbocycles. The van der Waals surface area contributed by atoms with Crippen molar-refractivity contribution < 1.29 is 13.6 Å². The molecule has 0 spiro atoms. The topological polar surface area (TPSA) is 46.3 Å². The van der Waals surface area contributed by atoms with E-state index in [1.165, 1.54) is 11.9 Å². The molecule has 1 rings (SSSR count). The van der Waals surface area contributed by atoms with Gasteiger partial charge < -0.3 is 10.6 Å². The van der Waals surface area contributed by atoms with Crippen LogP contribution >= 0.6 is 0 Å². The Morgan fingerprint density at radius 3 is 2.53 bits per heavy atom. The normalized spacial score (nSPS) is 10.1. The van der Waals surface area contributed by atoms with Crippen LogP contribution in [0.15, 0.2) is 24.3 Å². The number of amides is 1. The summed E-state index contributed by atoms with van der Waals surface area (Å²) in [5.41, 5.74) is 5.56. The van der Waals surface area contributed by atoms with E-state index in [0.717, 1.165) is 11.6 Å². The van der Waals surface area contributed by atoms with Crippen LogP contribution in [0, 0.1) is 11.6 Å². The second kappa shape index (κ2) is 4.95. The van der Waals surface area contributed by atoms with Crippen molar-refractivity contribution in [3.63, 3.8) is 0 Å². The van der Waals surface area contributed by atoms with E-state index < -0.39 is 17.5 Å². The number of nitrogens with zero attached hydrogens (tertiary/aromatic N) is 1. The summed E-state index contributed by atoms with van der Waals surface area (Å²) in [6, 6.07) is 1.61. The van der Waals surface area contributed by atoms with Gasteiger partial charge in [0.1, 0.15) is 11.6 Å². The van der Waals surface area contributed by atoms with E-state index in [1.54, 1.807) is 6.92 Å². The lowest BCUT2D eigenvalue weighted by atomic mass is 10.1. The number of likely N-dealkylation sites (N-methyl/N-ethyl adjacent to an activating group) is 1. The number of hydrogen-bond donors (Lipinski definition) is 1. The van der Waals surface area contributed by atoms with Crippen molar-refractivity contribution in [1.82, 2.24) is 4.90 Å². The predicted molar refractivity (Wildman–Crippen MR) is 62.5 cm³/mol. The Labute approximate surface area is 98.5 Å². The van der Waals surface area contributed by atoms with Gasteiger partial charge in [-0.25, -0.2) is 8.78 Å². The maximum Gasteiger partial charge on any atom is 0.256 e. The highest BCUT2D eigenvalue weighted by Crippen LogP contribution is 2.18. The monoisotopic (exact) mass is 240 g/mol. The van der Waals surface area contributed by atoms with Crippen molar-refractivity contribution in [3.05, 3.63) is 41.5 Å². The molecule has 0 saturated heterocycles. The molecule has 1 aromatic carbocycles. The highest BCUT2D eigenvalue weighted by molar-refractivity contribution is 5.95.